The molecule has 0 unspecified atom stereocenters. The smallest absolute Gasteiger partial charge is 0.266 e. The number of nitrogens with one attached hydrogen (secondary N) is 3. The topological polar surface area (TPSA) is 109 Å². The standard InChI is InChI=1S/C24H21N5O3S/c1-14-5-3-7-20(15(14)2)29-23(32)18-9-8-16(11-19(18)28-24(29)33)22(31)26-13-21(30)27-17-6-4-10-25-12-17/h3-12H,13H2,1-2H3,(H,26,31)(H,27,30)(H,28,33). The Morgan fingerprint density at radius 1 is 1.12 bits per heavy atom. The molecule has 4 aromatic rings. The highest BCUT2D eigenvalue weighted by Gasteiger charge is 2.14. The molecule has 166 valence electrons. The Hall–Kier alpha value is -4.11. The summed E-state index contributed by atoms with van der Waals surface area (Å²) in [6.07, 6.45) is 3.11. The van der Waals surface area contributed by atoms with Crippen LogP contribution in [0.5, 0.6) is 0 Å². The van der Waals surface area contributed by atoms with Crippen molar-refractivity contribution < 1.29 is 9.59 Å². The van der Waals surface area contributed by atoms with Gasteiger partial charge in [0.15, 0.2) is 4.77 Å². The van der Waals surface area contributed by atoms with Crippen molar-refractivity contribution in [3.05, 3.63) is 92.7 Å². The normalized spacial score (nSPS) is 10.7. The molecule has 4 rings (SSSR count). The molecule has 33 heavy (non-hydrogen) atoms. The van der Waals surface area contributed by atoms with Crippen LogP contribution < -0.4 is 16.2 Å². The molecule has 2 amide bonds. The Kier molecular flexibility index (Phi) is 6.14. The molecule has 0 saturated heterocycles. The first-order valence-electron chi connectivity index (χ1n) is 10.2. The first kappa shape index (κ1) is 22.1. The largest absolute Gasteiger partial charge is 0.343 e. The molecule has 0 aliphatic heterocycles. The maximum absolute atomic E-state index is 13.2. The lowest BCUT2D eigenvalue weighted by atomic mass is 10.1. The molecule has 3 N–H and O–H groups in total. The summed E-state index contributed by atoms with van der Waals surface area (Å²) in [6, 6.07) is 13.8. The Morgan fingerprint density at radius 3 is 2.70 bits per heavy atom. The van der Waals surface area contributed by atoms with Crippen LogP contribution in [-0.2, 0) is 4.79 Å². The van der Waals surface area contributed by atoms with Crippen molar-refractivity contribution >= 4 is 40.6 Å². The number of hydrogen-bond acceptors (Lipinski definition) is 5. The van der Waals surface area contributed by atoms with Gasteiger partial charge >= 0.3 is 0 Å². The van der Waals surface area contributed by atoms with Crippen molar-refractivity contribution in [2.24, 2.45) is 0 Å². The molecule has 0 aliphatic rings. The van der Waals surface area contributed by atoms with Gasteiger partial charge in [-0.25, -0.2) is 0 Å². The van der Waals surface area contributed by atoms with Gasteiger partial charge in [0.2, 0.25) is 5.91 Å². The minimum Gasteiger partial charge on any atom is -0.343 e. The number of carbonyl (C=O) groups is 2. The summed E-state index contributed by atoms with van der Waals surface area (Å²) >= 11 is 5.46. The minimum absolute atomic E-state index is 0.212. The fourth-order valence-electron chi connectivity index (χ4n) is 3.46. The van der Waals surface area contributed by atoms with Gasteiger partial charge in [0.05, 0.1) is 35.0 Å². The molecule has 2 aromatic carbocycles. The van der Waals surface area contributed by atoms with Crippen LogP contribution in [-0.4, -0.2) is 32.9 Å². The van der Waals surface area contributed by atoms with Crippen molar-refractivity contribution in [2.75, 3.05) is 11.9 Å². The zero-order valence-corrected chi connectivity index (χ0v) is 18.8. The van der Waals surface area contributed by atoms with Gasteiger partial charge in [0.25, 0.3) is 11.5 Å². The van der Waals surface area contributed by atoms with Gasteiger partial charge in [0.1, 0.15) is 0 Å². The second-order valence-electron chi connectivity index (χ2n) is 7.52. The Morgan fingerprint density at radius 2 is 1.94 bits per heavy atom. The lowest BCUT2D eigenvalue weighted by Crippen LogP contribution is -2.33. The van der Waals surface area contributed by atoms with Gasteiger partial charge in [0, 0.05) is 11.8 Å². The van der Waals surface area contributed by atoms with Crippen molar-refractivity contribution in [1.82, 2.24) is 19.9 Å². The van der Waals surface area contributed by atoms with Gasteiger partial charge in [-0.1, -0.05) is 12.1 Å². The first-order valence-corrected chi connectivity index (χ1v) is 10.6. The highest BCUT2D eigenvalue weighted by Crippen LogP contribution is 2.18. The molecular weight excluding hydrogens is 438 g/mol. The predicted octanol–water partition coefficient (Wildman–Crippen LogP) is 3.43. The monoisotopic (exact) mass is 459 g/mol. The number of rotatable bonds is 5. The van der Waals surface area contributed by atoms with Crippen molar-refractivity contribution in [3.63, 3.8) is 0 Å². The number of nitrogens with zero attached hydrogens (tertiary/aromatic N) is 2. The number of H-pyrrole nitrogens is 1. The van der Waals surface area contributed by atoms with E-state index in [0.717, 1.165) is 11.1 Å². The minimum atomic E-state index is -0.448. The molecule has 8 nitrogen and oxygen atoms in total. The molecule has 2 heterocycles. The third kappa shape index (κ3) is 4.58. The average molecular weight is 460 g/mol. The number of benzene rings is 2. The van der Waals surface area contributed by atoms with E-state index in [-0.39, 0.29) is 22.8 Å². The van der Waals surface area contributed by atoms with Crippen LogP contribution in [0.15, 0.2) is 65.7 Å². The molecular formula is C24H21N5O3S. The molecule has 0 bridgehead atoms. The highest BCUT2D eigenvalue weighted by atomic mass is 32.1. The van der Waals surface area contributed by atoms with E-state index < -0.39 is 5.91 Å². The molecule has 0 spiro atoms. The van der Waals surface area contributed by atoms with E-state index in [0.29, 0.717) is 27.8 Å². The summed E-state index contributed by atoms with van der Waals surface area (Å²) in [5, 5.41) is 5.61. The summed E-state index contributed by atoms with van der Waals surface area (Å²) in [6.45, 7) is 3.70. The number of pyridine rings is 1. The number of anilines is 1. The third-order valence-corrected chi connectivity index (χ3v) is 5.62. The summed E-state index contributed by atoms with van der Waals surface area (Å²) in [7, 11) is 0. The van der Waals surface area contributed by atoms with Crippen LogP contribution >= 0.6 is 12.2 Å². The number of carbonyl (C=O) groups excluding carboxylic acids is 2. The van der Waals surface area contributed by atoms with E-state index in [4.69, 9.17) is 12.2 Å². The molecule has 0 fully saturated rings. The van der Waals surface area contributed by atoms with E-state index in [2.05, 4.69) is 20.6 Å². The zero-order chi connectivity index (χ0) is 23.5. The third-order valence-electron chi connectivity index (χ3n) is 5.33. The molecule has 0 radical (unpaired) electrons. The SMILES string of the molecule is Cc1cccc(-n2c(=S)[nH]c3cc(C(=O)NCC(=O)Nc4cccnc4)ccc3c2=O)c1C. The number of fused-ring (bicyclic) bond motifs is 1. The Bertz CT molecular complexity index is 1490. The maximum Gasteiger partial charge on any atom is 0.266 e. The van der Waals surface area contributed by atoms with Gasteiger partial charge in [-0.15, -0.1) is 0 Å². The molecule has 2 aromatic heterocycles. The van der Waals surface area contributed by atoms with Crippen molar-refractivity contribution in [1.29, 1.82) is 0 Å². The van der Waals surface area contributed by atoms with Gasteiger partial charge in [-0.3, -0.25) is 23.9 Å². The van der Waals surface area contributed by atoms with E-state index >= 15 is 0 Å². The first-order chi connectivity index (χ1) is 15.8. The number of aromatic nitrogens is 3. The van der Waals surface area contributed by atoms with Crippen LogP contribution in [0.2, 0.25) is 0 Å². The van der Waals surface area contributed by atoms with E-state index in [1.165, 1.54) is 10.8 Å². The highest BCUT2D eigenvalue weighted by molar-refractivity contribution is 7.71. The summed E-state index contributed by atoms with van der Waals surface area (Å²) in [4.78, 5) is 44.8. The lowest BCUT2D eigenvalue weighted by Gasteiger charge is -2.13. The Balaban J connectivity index is 1.58. The summed E-state index contributed by atoms with van der Waals surface area (Å²) in [5.41, 5.74) is 3.72. The van der Waals surface area contributed by atoms with Gasteiger partial charge < -0.3 is 15.6 Å². The van der Waals surface area contributed by atoms with E-state index in [1.54, 1.807) is 36.5 Å². The predicted molar refractivity (Wildman–Crippen MR) is 129 cm³/mol. The number of hydrogen-bond donors (Lipinski definition) is 3. The van der Waals surface area contributed by atoms with Crippen molar-refractivity contribution in [2.45, 2.75) is 13.8 Å². The maximum atomic E-state index is 13.2. The lowest BCUT2D eigenvalue weighted by molar-refractivity contribution is -0.115. The average Bonchev–Trinajstić information content (AvgIpc) is 2.80. The van der Waals surface area contributed by atoms with E-state index in [1.807, 2.05) is 32.0 Å². The van der Waals surface area contributed by atoms with Crippen LogP contribution in [0.3, 0.4) is 0 Å². The Labute approximate surface area is 194 Å². The molecule has 0 aliphatic carbocycles. The second kappa shape index (κ2) is 9.17. The van der Waals surface area contributed by atoms with Crippen LogP contribution in [0.4, 0.5) is 5.69 Å². The molecule has 0 saturated carbocycles. The van der Waals surface area contributed by atoms with Gasteiger partial charge in [-0.2, -0.15) is 0 Å². The van der Waals surface area contributed by atoms with Crippen LogP contribution in [0.1, 0.15) is 21.5 Å². The summed E-state index contributed by atoms with van der Waals surface area (Å²) < 4.78 is 1.69. The van der Waals surface area contributed by atoms with Gasteiger partial charge in [-0.05, 0) is 73.6 Å². The van der Waals surface area contributed by atoms with Crippen LogP contribution in [0.25, 0.3) is 16.6 Å². The second-order valence-corrected chi connectivity index (χ2v) is 7.91. The molecule has 9 heteroatoms. The fraction of sp³-hybridized carbons (Fsp3) is 0.125. The number of amides is 2. The number of aromatic amines is 1. The van der Waals surface area contributed by atoms with E-state index in [9.17, 15) is 14.4 Å². The van der Waals surface area contributed by atoms with Crippen LogP contribution in [0, 0.1) is 18.6 Å². The zero-order valence-electron chi connectivity index (χ0n) is 18.0. The molecule has 0 atom stereocenters. The summed E-state index contributed by atoms with van der Waals surface area (Å²) in [5.74, 6) is -0.829. The van der Waals surface area contributed by atoms with Crippen molar-refractivity contribution in [3.8, 4) is 5.69 Å². The fourth-order valence-corrected chi connectivity index (χ4v) is 3.75. The number of aryl methyl sites for hydroxylation is 1. The quantitative estimate of drug-likeness (QED) is 0.396.